The quantitative estimate of drug-likeness (QED) is 0.242. The van der Waals surface area contributed by atoms with Gasteiger partial charge < -0.3 is 14.2 Å². The molecule has 1 aromatic heterocycles. The summed E-state index contributed by atoms with van der Waals surface area (Å²) in [5.41, 5.74) is -2.26. The lowest BCUT2D eigenvalue weighted by Crippen LogP contribution is -2.41. The summed E-state index contributed by atoms with van der Waals surface area (Å²) in [4.78, 5) is 30.3. The van der Waals surface area contributed by atoms with Gasteiger partial charge in [-0.05, 0) is 42.8 Å². The topological polar surface area (TPSA) is 79.1 Å². The molecule has 0 bridgehead atoms. The minimum atomic E-state index is -5.01. The van der Waals surface area contributed by atoms with E-state index in [-0.39, 0.29) is 28.1 Å². The van der Waals surface area contributed by atoms with E-state index in [2.05, 4.69) is 27.5 Å². The number of benzene rings is 2. The molecule has 2 aromatic carbocycles. The molecule has 0 spiro atoms. The molecule has 1 aliphatic rings. The zero-order valence-corrected chi connectivity index (χ0v) is 24.2. The second-order valence-electron chi connectivity index (χ2n) is 8.24. The number of fused-ring (bicyclic) bond motifs is 1. The van der Waals surface area contributed by atoms with Gasteiger partial charge in [-0.2, -0.15) is 13.2 Å². The van der Waals surface area contributed by atoms with Crippen molar-refractivity contribution in [2.75, 3.05) is 20.3 Å². The van der Waals surface area contributed by atoms with Gasteiger partial charge in [0, 0.05) is 15.1 Å². The number of nitrogens with zero attached hydrogens (tertiary/aromatic N) is 2. The molecule has 0 unspecified atom stereocenters. The normalized spacial score (nSPS) is 15.4. The van der Waals surface area contributed by atoms with Gasteiger partial charge >= 0.3 is 12.1 Å². The SMILES string of the molecule is C=CCOc1c(/C=c2\sc3n(c2=O)[C@@H](c2ccc(Cl)cc2)C(C(=O)OCC)=C(C(F)(F)F)N=3)cc(Br)cc1OC. The Morgan fingerprint density at radius 3 is 2.58 bits per heavy atom. The first-order chi connectivity index (χ1) is 19.0. The Balaban J connectivity index is 2.05. The number of ether oxygens (including phenoxy) is 3. The van der Waals surface area contributed by atoms with E-state index in [0.717, 1.165) is 15.9 Å². The molecule has 7 nitrogen and oxygen atoms in total. The summed E-state index contributed by atoms with van der Waals surface area (Å²) in [6, 6.07) is 7.67. The monoisotopic (exact) mass is 656 g/mol. The van der Waals surface area contributed by atoms with E-state index in [1.165, 1.54) is 50.5 Å². The number of hydrogen-bond acceptors (Lipinski definition) is 7. The van der Waals surface area contributed by atoms with Crippen molar-refractivity contribution in [3.8, 4) is 11.5 Å². The first-order valence-corrected chi connectivity index (χ1v) is 13.7. The molecule has 0 radical (unpaired) electrons. The van der Waals surface area contributed by atoms with E-state index >= 15 is 0 Å². The molecule has 0 aliphatic carbocycles. The van der Waals surface area contributed by atoms with E-state index in [9.17, 15) is 22.8 Å². The Bertz CT molecular complexity index is 1680. The number of esters is 1. The summed E-state index contributed by atoms with van der Waals surface area (Å²) in [6.45, 7) is 5.06. The molecule has 40 heavy (non-hydrogen) atoms. The lowest BCUT2D eigenvalue weighted by molar-refractivity contribution is -0.140. The van der Waals surface area contributed by atoms with Gasteiger partial charge in [-0.1, -0.05) is 63.7 Å². The fourth-order valence-corrected chi connectivity index (χ4v) is 5.66. The highest BCUT2D eigenvalue weighted by atomic mass is 79.9. The van der Waals surface area contributed by atoms with Gasteiger partial charge in [0.15, 0.2) is 22.0 Å². The third kappa shape index (κ3) is 5.89. The van der Waals surface area contributed by atoms with Gasteiger partial charge in [0.05, 0.1) is 29.9 Å². The third-order valence-electron chi connectivity index (χ3n) is 5.68. The van der Waals surface area contributed by atoms with Crippen LogP contribution < -0.4 is 24.4 Å². The van der Waals surface area contributed by atoms with Gasteiger partial charge in [0.1, 0.15) is 6.61 Å². The predicted molar refractivity (Wildman–Crippen MR) is 149 cm³/mol. The van der Waals surface area contributed by atoms with E-state index < -0.39 is 35.0 Å². The molecule has 0 fully saturated rings. The van der Waals surface area contributed by atoms with Gasteiger partial charge in [0.2, 0.25) is 0 Å². The number of hydrogen-bond donors (Lipinski definition) is 0. The highest BCUT2D eigenvalue weighted by Crippen LogP contribution is 2.39. The number of methoxy groups -OCH3 is 1. The van der Waals surface area contributed by atoms with Crippen LogP contribution in [0.5, 0.6) is 11.5 Å². The summed E-state index contributed by atoms with van der Waals surface area (Å²) < 4.78 is 60.7. The molecule has 0 amide bonds. The molecule has 4 rings (SSSR count). The highest BCUT2D eigenvalue weighted by molar-refractivity contribution is 9.10. The molecule has 1 atom stereocenters. The summed E-state index contributed by atoms with van der Waals surface area (Å²) in [6.07, 6.45) is -2.01. The van der Waals surface area contributed by atoms with Gasteiger partial charge in [0.25, 0.3) is 5.56 Å². The third-order valence-corrected chi connectivity index (χ3v) is 7.37. The van der Waals surface area contributed by atoms with Crippen molar-refractivity contribution in [2.24, 2.45) is 4.99 Å². The minimum Gasteiger partial charge on any atom is -0.493 e. The van der Waals surface area contributed by atoms with Crippen molar-refractivity contribution in [1.82, 2.24) is 4.57 Å². The number of alkyl halides is 3. The Morgan fingerprint density at radius 2 is 1.98 bits per heavy atom. The van der Waals surface area contributed by atoms with E-state index in [4.69, 9.17) is 25.8 Å². The van der Waals surface area contributed by atoms with Crippen molar-refractivity contribution in [3.63, 3.8) is 0 Å². The molecule has 210 valence electrons. The Hall–Kier alpha value is -3.35. The maximum atomic E-state index is 14.3. The molecule has 2 heterocycles. The molecule has 0 N–H and O–H groups in total. The van der Waals surface area contributed by atoms with Crippen LogP contribution in [-0.2, 0) is 9.53 Å². The molecular weight excluding hydrogens is 637 g/mol. The molecule has 13 heteroatoms. The van der Waals surface area contributed by atoms with Crippen molar-refractivity contribution in [3.05, 3.63) is 101 Å². The molecule has 1 aliphatic heterocycles. The largest absolute Gasteiger partial charge is 0.493 e. The predicted octanol–water partition coefficient (Wildman–Crippen LogP) is 5.33. The lowest BCUT2D eigenvalue weighted by Gasteiger charge is -2.26. The first-order valence-electron chi connectivity index (χ1n) is 11.7. The number of rotatable bonds is 8. The lowest BCUT2D eigenvalue weighted by atomic mass is 9.95. The summed E-state index contributed by atoms with van der Waals surface area (Å²) in [7, 11) is 1.45. The smallest absolute Gasteiger partial charge is 0.434 e. The van der Waals surface area contributed by atoms with E-state index in [1.54, 1.807) is 12.1 Å². The average molecular weight is 658 g/mol. The summed E-state index contributed by atoms with van der Waals surface area (Å²) >= 11 is 10.1. The molecular formula is C27H21BrClF3N2O5S. The second kappa shape index (κ2) is 12.0. The van der Waals surface area contributed by atoms with Crippen LogP contribution in [-0.4, -0.2) is 37.0 Å². The van der Waals surface area contributed by atoms with Crippen LogP contribution in [0.15, 0.2) is 74.6 Å². The van der Waals surface area contributed by atoms with E-state index in [0.29, 0.717) is 26.6 Å². The van der Waals surface area contributed by atoms with Crippen molar-refractivity contribution < 1.29 is 32.2 Å². The van der Waals surface area contributed by atoms with Crippen LogP contribution in [0.25, 0.3) is 6.08 Å². The van der Waals surface area contributed by atoms with Crippen LogP contribution in [0.4, 0.5) is 13.2 Å². The summed E-state index contributed by atoms with van der Waals surface area (Å²) in [5, 5.41) is 0.324. The van der Waals surface area contributed by atoms with Gasteiger partial charge in [-0.3, -0.25) is 9.36 Å². The van der Waals surface area contributed by atoms with Crippen LogP contribution in [0.3, 0.4) is 0 Å². The second-order valence-corrected chi connectivity index (χ2v) is 10.6. The fraction of sp³-hybridized carbons (Fsp3) is 0.222. The average Bonchev–Trinajstić information content (AvgIpc) is 3.21. The van der Waals surface area contributed by atoms with Gasteiger partial charge in [-0.15, -0.1) is 0 Å². The van der Waals surface area contributed by atoms with Crippen LogP contribution in [0, 0.1) is 0 Å². The maximum absolute atomic E-state index is 14.3. The molecule has 0 saturated heterocycles. The zero-order chi connectivity index (χ0) is 29.2. The number of halogens is 5. The Kier molecular flexibility index (Phi) is 8.91. The zero-order valence-electron chi connectivity index (χ0n) is 21.1. The summed E-state index contributed by atoms with van der Waals surface area (Å²) in [5.74, 6) is -0.572. The Labute approximate surface area is 243 Å². The Morgan fingerprint density at radius 1 is 1.27 bits per heavy atom. The molecule has 0 saturated carbocycles. The van der Waals surface area contributed by atoms with Crippen molar-refractivity contribution in [1.29, 1.82) is 0 Å². The maximum Gasteiger partial charge on any atom is 0.434 e. The number of carbonyl (C=O) groups is 1. The van der Waals surface area contributed by atoms with Crippen molar-refractivity contribution >= 4 is 50.9 Å². The van der Waals surface area contributed by atoms with Crippen LogP contribution in [0.1, 0.15) is 24.1 Å². The van der Waals surface area contributed by atoms with Gasteiger partial charge in [-0.25, -0.2) is 9.79 Å². The standard InChI is InChI=1S/C27H21BrClF3N2O5S/c1-4-10-39-22-15(11-16(28)13-18(22)37-3)12-19-24(35)34-21(14-6-8-17(29)9-7-14)20(25(36)38-5-2)23(27(30,31)32)33-26(34)40-19/h4,6-9,11-13,21H,1,5,10H2,2-3H3/b19-12-/t21-/m0/s1. The number of carbonyl (C=O) groups excluding carboxylic acids is 1. The number of aromatic nitrogens is 1. The van der Waals surface area contributed by atoms with Crippen LogP contribution in [0.2, 0.25) is 5.02 Å². The number of thiazole rings is 1. The first kappa shape index (κ1) is 29.6. The van der Waals surface area contributed by atoms with Crippen molar-refractivity contribution in [2.45, 2.75) is 19.1 Å². The highest BCUT2D eigenvalue weighted by Gasteiger charge is 2.45. The minimum absolute atomic E-state index is 0.0490. The van der Waals surface area contributed by atoms with E-state index in [1.807, 2.05) is 0 Å². The number of allylic oxidation sites excluding steroid dienone is 1. The molecule has 3 aromatic rings. The fourth-order valence-electron chi connectivity index (χ4n) is 4.09. The van der Waals surface area contributed by atoms with Crippen LogP contribution >= 0.6 is 38.9 Å².